The first-order valence-electron chi connectivity index (χ1n) is 25.9. The van der Waals surface area contributed by atoms with Crippen molar-refractivity contribution in [1.29, 1.82) is 0 Å². The van der Waals surface area contributed by atoms with Crippen LogP contribution in [-0.4, -0.2) is 17.2 Å². The van der Waals surface area contributed by atoms with Crippen molar-refractivity contribution in [3.63, 3.8) is 0 Å². The monoisotopic (exact) mass is 970 g/mol. The molecule has 14 aromatic rings. The minimum atomic E-state index is -3.09. The molecule has 0 atom stereocenters. The van der Waals surface area contributed by atoms with E-state index in [2.05, 4.69) is 312 Å². The van der Waals surface area contributed by atoms with Gasteiger partial charge in [-0.15, -0.1) is 0 Å². The van der Waals surface area contributed by atoms with Gasteiger partial charge in [0, 0.05) is 32.7 Å². The highest BCUT2D eigenvalue weighted by Crippen LogP contribution is 2.45. The molecule has 352 valence electrons. The van der Waals surface area contributed by atoms with Crippen LogP contribution >= 0.6 is 0 Å². The van der Waals surface area contributed by atoms with E-state index in [0.29, 0.717) is 0 Å². The minimum Gasteiger partial charge on any atom is -0.309 e. The molecule has 0 aliphatic heterocycles. The van der Waals surface area contributed by atoms with Crippen molar-refractivity contribution in [3.8, 4) is 55.9 Å². The number of hydrogen-bond donors (Lipinski definition) is 0. The average molecular weight is 971 g/mol. The Kier molecular flexibility index (Phi) is 10.9. The van der Waals surface area contributed by atoms with Crippen LogP contribution in [0.15, 0.2) is 303 Å². The normalized spacial score (nSPS) is 11.7. The molecule has 0 aliphatic carbocycles. The fraction of sp³-hybridized carbons (Fsp3) is 0. The zero-order valence-corrected chi connectivity index (χ0v) is 42.3. The molecule has 2 aromatic heterocycles. The summed E-state index contributed by atoms with van der Waals surface area (Å²) in [6.07, 6.45) is 0. The van der Waals surface area contributed by atoms with Gasteiger partial charge in [-0.2, -0.15) is 0 Å². The first-order chi connectivity index (χ1) is 37.3. The highest BCUT2D eigenvalue weighted by Gasteiger charge is 2.43. The van der Waals surface area contributed by atoms with E-state index in [1.807, 2.05) is 0 Å². The average Bonchev–Trinajstić information content (AvgIpc) is 4.02. The van der Waals surface area contributed by atoms with Crippen molar-refractivity contribution in [2.75, 3.05) is 0 Å². The smallest absolute Gasteiger partial charge is 0.180 e. The van der Waals surface area contributed by atoms with Crippen molar-refractivity contribution in [1.82, 2.24) is 9.13 Å². The fourth-order valence-electron chi connectivity index (χ4n) is 12.3. The van der Waals surface area contributed by atoms with Gasteiger partial charge < -0.3 is 9.13 Å². The summed E-state index contributed by atoms with van der Waals surface area (Å²) in [6, 6.07) is 113. The summed E-state index contributed by atoms with van der Waals surface area (Å²) < 4.78 is 5.11. The molecule has 2 nitrogen and oxygen atoms in total. The third-order valence-electron chi connectivity index (χ3n) is 15.5. The molecule has 0 amide bonds. The van der Waals surface area contributed by atoms with E-state index in [0.717, 1.165) is 22.4 Å². The molecule has 0 saturated heterocycles. The third-order valence-corrected chi connectivity index (χ3v) is 20.3. The molecule has 0 unspecified atom stereocenters. The van der Waals surface area contributed by atoms with E-state index in [9.17, 15) is 0 Å². The van der Waals surface area contributed by atoms with Gasteiger partial charge in [0.2, 0.25) is 0 Å². The summed E-state index contributed by atoms with van der Waals surface area (Å²) in [6.45, 7) is 0. The van der Waals surface area contributed by atoms with Crippen molar-refractivity contribution >= 4 is 72.4 Å². The highest BCUT2D eigenvalue weighted by molar-refractivity contribution is 7.20. The lowest BCUT2D eigenvalue weighted by Gasteiger charge is -2.35. The lowest BCUT2D eigenvalue weighted by Crippen LogP contribution is -2.74. The molecule has 0 bridgehead atoms. The van der Waals surface area contributed by atoms with Crippen LogP contribution in [0.1, 0.15) is 0 Å². The minimum absolute atomic E-state index is 1.15. The maximum absolute atomic E-state index is 3.09. The summed E-state index contributed by atoms with van der Waals surface area (Å²) in [5, 5.41) is 10.3. The predicted molar refractivity (Wildman–Crippen MR) is 320 cm³/mol. The van der Waals surface area contributed by atoms with Crippen LogP contribution in [0.3, 0.4) is 0 Å². The van der Waals surface area contributed by atoms with Gasteiger partial charge >= 0.3 is 0 Å². The van der Waals surface area contributed by atoms with Gasteiger partial charge in [-0.1, -0.05) is 267 Å². The Balaban J connectivity index is 1.07. The molecular formula is C72H50N2Si. The highest BCUT2D eigenvalue weighted by atomic mass is 28.3. The van der Waals surface area contributed by atoms with Crippen molar-refractivity contribution < 1.29 is 0 Å². The standard InChI is InChI=1S/C72H50N2Si/c1-6-25-51(26-7-1)54-31-20-33-56(49-54)61-42-22-41-60(53-29-10-3-11-30-53)72(61)74-65-44-19-16-39-62(65)70-66(45-23-46-67(70)74)73-64-43-18-17-40-63(64)71-68(73)47-24-48-69(71)75(57-34-12-4-13-35-57,58-36-14-5-15-37-58)59-38-21-32-55(50-59)52-27-8-2-9-28-52/h1-50H. The molecular weight excluding hydrogens is 921 g/mol. The first kappa shape index (κ1) is 44.2. The van der Waals surface area contributed by atoms with E-state index in [1.165, 1.54) is 97.8 Å². The van der Waals surface area contributed by atoms with E-state index < -0.39 is 8.07 Å². The zero-order valence-electron chi connectivity index (χ0n) is 41.3. The fourth-order valence-corrected chi connectivity index (χ4v) is 17.3. The van der Waals surface area contributed by atoms with Crippen LogP contribution < -0.4 is 20.7 Å². The summed E-state index contributed by atoms with van der Waals surface area (Å²) in [7, 11) is -3.09. The predicted octanol–water partition coefficient (Wildman–Crippen LogP) is 15.9. The van der Waals surface area contributed by atoms with Crippen LogP contribution in [0.2, 0.25) is 0 Å². The van der Waals surface area contributed by atoms with Gasteiger partial charge in [-0.05, 0) is 90.5 Å². The third kappa shape index (κ3) is 7.23. The van der Waals surface area contributed by atoms with Crippen LogP contribution in [0.5, 0.6) is 0 Å². The Morgan fingerprint density at radius 1 is 0.240 bits per heavy atom. The Bertz CT molecular complexity index is 4350. The molecule has 0 N–H and O–H groups in total. The molecule has 0 aliphatic rings. The van der Waals surface area contributed by atoms with E-state index in [-0.39, 0.29) is 0 Å². The number of benzene rings is 12. The molecule has 12 aromatic carbocycles. The summed E-state index contributed by atoms with van der Waals surface area (Å²) in [4.78, 5) is 0. The van der Waals surface area contributed by atoms with E-state index in [4.69, 9.17) is 0 Å². The maximum atomic E-state index is 2.57. The molecule has 0 saturated carbocycles. The number of fused-ring (bicyclic) bond motifs is 6. The Morgan fingerprint density at radius 2 is 0.640 bits per heavy atom. The van der Waals surface area contributed by atoms with E-state index in [1.54, 1.807) is 0 Å². The lowest BCUT2D eigenvalue weighted by molar-refractivity contribution is 1.17. The van der Waals surface area contributed by atoms with Gasteiger partial charge in [0.15, 0.2) is 8.07 Å². The van der Waals surface area contributed by atoms with Gasteiger partial charge in [0.1, 0.15) is 0 Å². The summed E-state index contributed by atoms with van der Waals surface area (Å²) >= 11 is 0. The molecule has 75 heavy (non-hydrogen) atoms. The number of para-hydroxylation sites is 3. The molecule has 0 radical (unpaired) electrons. The van der Waals surface area contributed by atoms with Crippen LogP contribution in [0.4, 0.5) is 0 Å². The number of rotatable bonds is 10. The summed E-state index contributed by atoms with van der Waals surface area (Å²) in [5.74, 6) is 0. The Hall–Kier alpha value is -9.54. The number of hydrogen-bond acceptors (Lipinski definition) is 0. The van der Waals surface area contributed by atoms with Crippen molar-refractivity contribution in [3.05, 3.63) is 303 Å². The quantitative estimate of drug-likeness (QED) is 0.0955. The number of nitrogens with zero attached hydrogens (tertiary/aromatic N) is 2. The van der Waals surface area contributed by atoms with E-state index >= 15 is 0 Å². The van der Waals surface area contributed by atoms with Crippen LogP contribution in [0, 0.1) is 0 Å². The summed E-state index contributed by atoms with van der Waals surface area (Å²) in [5.41, 5.74) is 16.5. The number of aromatic nitrogens is 2. The Morgan fingerprint density at radius 3 is 1.27 bits per heavy atom. The topological polar surface area (TPSA) is 9.86 Å². The zero-order chi connectivity index (χ0) is 49.7. The molecule has 14 rings (SSSR count). The molecule has 0 fully saturated rings. The molecule has 2 heterocycles. The lowest BCUT2D eigenvalue weighted by atomic mass is 9.93. The van der Waals surface area contributed by atoms with Gasteiger partial charge in [-0.25, -0.2) is 0 Å². The second-order valence-corrected chi connectivity index (χ2v) is 23.3. The van der Waals surface area contributed by atoms with Crippen LogP contribution in [-0.2, 0) is 0 Å². The van der Waals surface area contributed by atoms with Gasteiger partial charge in [0.25, 0.3) is 0 Å². The SMILES string of the molecule is c1ccc(-c2cccc(-c3cccc(-c4ccccc4)c3-n3c4ccccc4c4c(-n5c6ccccc6c6c([Si](c7ccccc7)(c7ccccc7)c7cccc(-c8ccccc8)c7)cccc65)cccc43)c2)cc1. The van der Waals surface area contributed by atoms with Gasteiger partial charge in [-0.3, -0.25) is 0 Å². The van der Waals surface area contributed by atoms with Crippen molar-refractivity contribution in [2.24, 2.45) is 0 Å². The van der Waals surface area contributed by atoms with Crippen LogP contribution in [0.25, 0.3) is 99.5 Å². The molecule has 0 spiro atoms. The van der Waals surface area contributed by atoms with Crippen molar-refractivity contribution in [2.45, 2.75) is 0 Å². The maximum Gasteiger partial charge on any atom is 0.180 e. The second-order valence-electron chi connectivity index (χ2n) is 19.5. The molecule has 3 heteroatoms. The second kappa shape index (κ2) is 18.5. The van der Waals surface area contributed by atoms with Gasteiger partial charge in [0.05, 0.1) is 33.4 Å². The Labute approximate surface area is 438 Å². The largest absolute Gasteiger partial charge is 0.309 e. The first-order valence-corrected chi connectivity index (χ1v) is 27.9.